The Morgan fingerprint density at radius 2 is 1.17 bits per heavy atom. The molecule has 0 spiro atoms. The van der Waals surface area contributed by atoms with Crippen LogP contribution < -0.4 is 10.6 Å². The molecule has 0 atom stereocenters. The summed E-state index contributed by atoms with van der Waals surface area (Å²) in [7, 11) is -0.868. The van der Waals surface area contributed by atoms with Crippen molar-refractivity contribution in [1.29, 1.82) is 0 Å². The molecule has 2 aromatic rings. The molecule has 1 aliphatic heterocycles. The molecule has 0 bridgehead atoms. The molecule has 4 heteroatoms. The molecule has 0 amide bonds. The number of hydrogen-bond donors (Lipinski definition) is 0. The van der Waals surface area contributed by atoms with Crippen LogP contribution in [0.5, 0.6) is 0 Å². The average Bonchev–Trinajstić information content (AvgIpc) is 2.77. The van der Waals surface area contributed by atoms with Gasteiger partial charge in [-0.25, -0.2) is 0 Å². The van der Waals surface area contributed by atoms with Crippen LogP contribution in [0.25, 0.3) is 0 Å². The van der Waals surface area contributed by atoms with Gasteiger partial charge in [0.1, 0.15) is 0 Å². The Morgan fingerprint density at radius 1 is 0.750 bits per heavy atom. The van der Waals surface area contributed by atoms with Gasteiger partial charge < -0.3 is 9.31 Å². The van der Waals surface area contributed by atoms with Gasteiger partial charge in [-0.1, -0.05) is 72.5 Å². The Balaban J connectivity index is 1.86. The summed E-state index contributed by atoms with van der Waals surface area (Å²) in [6, 6.07) is 21.2. The predicted molar refractivity (Wildman–Crippen MR) is 104 cm³/mol. The van der Waals surface area contributed by atoms with Crippen LogP contribution >= 0.6 is 7.92 Å². The Kier molecular flexibility index (Phi) is 4.96. The Hall–Kier alpha value is -1.41. The average molecular weight is 338 g/mol. The summed E-state index contributed by atoms with van der Waals surface area (Å²) in [4.78, 5) is 0. The molecular weight excluding hydrogens is 314 g/mol. The normalized spacial score (nSPS) is 19.3. The molecule has 2 aromatic carbocycles. The van der Waals surface area contributed by atoms with E-state index in [1.807, 2.05) is 0 Å². The van der Waals surface area contributed by atoms with E-state index in [0.717, 1.165) is 0 Å². The van der Waals surface area contributed by atoms with Gasteiger partial charge in [0.15, 0.2) is 0 Å². The van der Waals surface area contributed by atoms with Crippen LogP contribution in [0.3, 0.4) is 0 Å². The maximum absolute atomic E-state index is 6.09. The minimum absolute atomic E-state index is 0.299. The summed E-state index contributed by atoms with van der Waals surface area (Å²) in [5.74, 6) is 4.32. The topological polar surface area (TPSA) is 18.5 Å². The summed E-state index contributed by atoms with van der Waals surface area (Å²) in [6.07, 6.45) is 0. The second kappa shape index (κ2) is 6.84. The molecule has 124 valence electrons. The van der Waals surface area contributed by atoms with Crippen molar-refractivity contribution in [2.75, 3.05) is 0 Å². The molecule has 1 heterocycles. The molecule has 0 aromatic heterocycles. The maximum atomic E-state index is 6.09. The zero-order valence-electron chi connectivity index (χ0n) is 14.8. The largest absolute Gasteiger partial charge is 0.487 e. The van der Waals surface area contributed by atoms with E-state index in [2.05, 4.69) is 100 Å². The predicted octanol–water partition coefficient (Wildman–Crippen LogP) is 4.26. The van der Waals surface area contributed by atoms with Crippen LogP contribution in [0.15, 0.2) is 72.5 Å². The fourth-order valence-corrected chi connectivity index (χ4v) is 4.56. The van der Waals surface area contributed by atoms with Crippen molar-refractivity contribution in [2.24, 2.45) is 0 Å². The first-order valence-corrected chi connectivity index (χ1v) is 9.73. The molecule has 24 heavy (non-hydrogen) atoms. The molecule has 1 saturated heterocycles. The quantitative estimate of drug-likeness (QED) is 0.612. The van der Waals surface area contributed by atoms with Gasteiger partial charge in [-0.15, -0.1) is 0 Å². The fourth-order valence-electron chi connectivity index (χ4n) is 2.62. The standard InChI is InChI=1S/C20H24BO2P/c1-19(2)20(3,4)23-21(22-19)15-16-24(17-11-7-5-8-12-17)18-13-9-6-10-14-18/h5-16H,1-4H3/b16-15+. The van der Waals surface area contributed by atoms with Gasteiger partial charge in [0.05, 0.1) is 11.2 Å². The summed E-state index contributed by atoms with van der Waals surface area (Å²) >= 11 is 0. The fraction of sp³-hybridized carbons (Fsp3) is 0.300. The SMILES string of the molecule is CC1(C)OB(/C=C/P(c2ccccc2)c2ccccc2)OC1(C)C. The zero-order chi connectivity index (χ0) is 17.2. The van der Waals surface area contributed by atoms with Crippen molar-refractivity contribution in [3.63, 3.8) is 0 Å². The summed E-state index contributed by atoms with van der Waals surface area (Å²) in [6.45, 7) is 8.33. The van der Waals surface area contributed by atoms with Gasteiger partial charge in [-0.3, -0.25) is 0 Å². The smallest absolute Gasteiger partial charge is 0.400 e. The highest BCUT2D eigenvalue weighted by Crippen LogP contribution is 2.39. The first-order chi connectivity index (χ1) is 11.4. The Labute approximate surface area is 146 Å². The molecule has 1 aliphatic rings. The molecule has 1 fully saturated rings. The van der Waals surface area contributed by atoms with Crippen LogP contribution in [0.2, 0.25) is 0 Å². The first-order valence-electron chi connectivity index (χ1n) is 8.32. The lowest BCUT2D eigenvalue weighted by Crippen LogP contribution is -2.41. The highest BCUT2D eigenvalue weighted by Gasteiger charge is 2.50. The molecular formula is C20H24BO2P. The highest BCUT2D eigenvalue weighted by molar-refractivity contribution is 7.75. The Morgan fingerprint density at radius 3 is 1.58 bits per heavy atom. The van der Waals surface area contributed by atoms with E-state index in [1.165, 1.54) is 10.6 Å². The van der Waals surface area contributed by atoms with Gasteiger partial charge in [0.25, 0.3) is 0 Å². The van der Waals surface area contributed by atoms with E-state index in [9.17, 15) is 0 Å². The van der Waals surface area contributed by atoms with Gasteiger partial charge in [-0.05, 0) is 46.2 Å². The van der Waals surface area contributed by atoms with Gasteiger partial charge in [0.2, 0.25) is 0 Å². The maximum Gasteiger partial charge on any atom is 0.487 e. The van der Waals surface area contributed by atoms with E-state index in [-0.39, 0.29) is 18.3 Å². The van der Waals surface area contributed by atoms with Crippen molar-refractivity contribution in [2.45, 2.75) is 38.9 Å². The van der Waals surface area contributed by atoms with Gasteiger partial charge >= 0.3 is 7.12 Å². The minimum atomic E-state index is -0.569. The molecule has 0 aliphatic carbocycles. The van der Waals surface area contributed by atoms with E-state index in [1.54, 1.807) is 0 Å². The van der Waals surface area contributed by atoms with Crippen LogP contribution in [-0.2, 0) is 9.31 Å². The molecule has 0 radical (unpaired) electrons. The number of benzene rings is 2. The number of rotatable bonds is 4. The van der Waals surface area contributed by atoms with E-state index in [0.29, 0.717) is 0 Å². The second-order valence-corrected chi connectivity index (χ2v) is 9.08. The number of hydrogen-bond acceptors (Lipinski definition) is 2. The molecule has 0 saturated carbocycles. The van der Waals surface area contributed by atoms with Gasteiger partial charge in [-0.2, -0.15) is 0 Å². The second-order valence-electron chi connectivity index (χ2n) is 7.01. The third-order valence-electron chi connectivity index (χ3n) is 4.73. The summed E-state index contributed by atoms with van der Waals surface area (Å²) in [5.41, 5.74) is -0.603. The van der Waals surface area contributed by atoms with E-state index in [4.69, 9.17) is 9.31 Å². The summed E-state index contributed by atoms with van der Waals surface area (Å²) in [5, 5.41) is 2.65. The zero-order valence-corrected chi connectivity index (χ0v) is 15.7. The highest BCUT2D eigenvalue weighted by atomic mass is 31.1. The van der Waals surface area contributed by atoms with Crippen LogP contribution in [0.1, 0.15) is 27.7 Å². The summed E-state index contributed by atoms with van der Waals surface area (Å²) < 4.78 is 12.2. The van der Waals surface area contributed by atoms with Crippen molar-refractivity contribution in [3.8, 4) is 0 Å². The van der Waals surface area contributed by atoms with Crippen LogP contribution in [0, 0.1) is 0 Å². The van der Waals surface area contributed by atoms with Crippen molar-refractivity contribution in [3.05, 3.63) is 72.5 Å². The molecule has 2 nitrogen and oxygen atoms in total. The Bertz CT molecular complexity index is 643. The third-order valence-corrected chi connectivity index (χ3v) is 6.91. The van der Waals surface area contributed by atoms with Crippen LogP contribution in [-0.4, -0.2) is 18.3 Å². The van der Waals surface area contributed by atoms with Crippen molar-refractivity contribution in [1.82, 2.24) is 0 Å². The van der Waals surface area contributed by atoms with E-state index < -0.39 is 7.92 Å². The lowest BCUT2D eigenvalue weighted by molar-refractivity contribution is 0.00578. The van der Waals surface area contributed by atoms with E-state index >= 15 is 0 Å². The van der Waals surface area contributed by atoms with Crippen LogP contribution in [0.4, 0.5) is 0 Å². The van der Waals surface area contributed by atoms with Gasteiger partial charge in [0, 0.05) is 0 Å². The minimum Gasteiger partial charge on any atom is -0.400 e. The monoisotopic (exact) mass is 338 g/mol. The molecule has 0 unspecified atom stereocenters. The van der Waals surface area contributed by atoms with Crippen molar-refractivity contribution >= 4 is 25.6 Å². The lowest BCUT2D eigenvalue weighted by Gasteiger charge is -2.32. The third kappa shape index (κ3) is 3.64. The lowest BCUT2D eigenvalue weighted by atomic mass is 9.90. The molecule has 0 N–H and O–H groups in total. The van der Waals surface area contributed by atoms with Crippen molar-refractivity contribution < 1.29 is 9.31 Å². The first kappa shape index (κ1) is 17.4. The molecule has 3 rings (SSSR count).